The standard InChI is InChI=1S/C6H11NO5S/c7-12-6(3-5(8)9)1-2-13(10,11)4-6/h1-4,7H2,(H,8,9). The Bertz CT molecular complexity index is 311. The Kier molecular flexibility index (Phi) is 2.60. The van der Waals surface area contributed by atoms with Crippen molar-refractivity contribution in [3.63, 3.8) is 0 Å². The lowest BCUT2D eigenvalue weighted by Crippen LogP contribution is -2.39. The van der Waals surface area contributed by atoms with E-state index in [0.717, 1.165) is 0 Å². The summed E-state index contributed by atoms with van der Waals surface area (Å²) in [5.41, 5.74) is -1.22. The Morgan fingerprint density at radius 1 is 1.62 bits per heavy atom. The van der Waals surface area contributed by atoms with Crippen LogP contribution >= 0.6 is 0 Å². The number of carboxylic acids is 1. The quantitative estimate of drug-likeness (QED) is 0.572. The Labute approximate surface area is 75.5 Å². The lowest BCUT2D eigenvalue weighted by atomic mass is 9.99. The number of nitrogens with two attached hydrogens (primary N) is 1. The summed E-state index contributed by atoms with van der Waals surface area (Å²) >= 11 is 0. The molecule has 1 aliphatic heterocycles. The summed E-state index contributed by atoms with van der Waals surface area (Å²) < 4.78 is 22.1. The zero-order valence-corrected chi connectivity index (χ0v) is 7.71. The number of rotatable bonds is 3. The number of sulfone groups is 1. The summed E-state index contributed by atoms with van der Waals surface area (Å²) in [6, 6.07) is 0. The lowest BCUT2D eigenvalue weighted by molar-refractivity contribution is -0.144. The normalized spacial score (nSPS) is 31.8. The Hall–Kier alpha value is -0.660. The largest absolute Gasteiger partial charge is 0.481 e. The minimum atomic E-state index is -3.18. The molecule has 0 spiro atoms. The van der Waals surface area contributed by atoms with Crippen molar-refractivity contribution in [2.24, 2.45) is 5.90 Å². The summed E-state index contributed by atoms with van der Waals surface area (Å²) in [5, 5.41) is 8.51. The molecule has 13 heavy (non-hydrogen) atoms. The highest BCUT2D eigenvalue weighted by Gasteiger charge is 2.44. The maximum Gasteiger partial charge on any atom is 0.306 e. The fraction of sp³-hybridized carbons (Fsp3) is 0.833. The van der Waals surface area contributed by atoms with E-state index in [1.54, 1.807) is 0 Å². The van der Waals surface area contributed by atoms with Crippen molar-refractivity contribution in [1.82, 2.24) is 0 Å². The third-order valence-corrected chi connectivity index (χ3v) is 3.87. The predicted octanol–water partition coefficient (Wildman–Crippen LogP) is -1.09. The first-order chi connectivity index (χ1) is 5.89. The number of aliphatic carboxylic acids is 1. The smallest absolute Gasteiger partial charge is 0.306 e. The second-order valence-corrected chi connectivity index (χ2v) is 5.40. The Morgan fingerprint density at radius 2 is 2.23 bits per heavy atom. The van der Waals surface area contributed by atoms with Crippen molar-refractivity contribution in [2.45, 2.75) is 18.4 Å². The second-order valence-electron chi connectivity index (χ2n) is 3.21. The number of carboxylic acid groups (broad SMARTS) is 1. The first-order valence-corrected chi connectivity index (χ1v) is 5.51. The highest BCUT2D eigenvalue weighted by atomic mass is 32.2. The monoisotopic (exact) mass is 209 g/mol. The van der Waals surface area contributed by atoms with Gasteiger partial charge in [0.15, 0.2) is 9.84 Å². The molecule has 1 unspecified atom stereocenters. The average Bonchev–Trinajstić information content (AvgIpc) is 2.26. The molecule has 3 N–H and O–H groups in total. The molecule has 0 amide bonds. The topological polar surface area (TPSA) is 107 Å². The molecule has 0 saturated carbocycles. The van der Waals surface area contributed by atoms with Gasteiger partial charge in [-0.15, -0.1) is 0 Å². The van der Waals surface area contributed by atoms with Crippen molar-refractivity contribution >= 4 is 15.8 Å². The molecular formula is C6H11NO5S. The van der Waals surface area contributed by atoms with Gasteiger partial charge in [0.05, 0.1) is 17.9 Å². The van der Waals surface area contributed by atoms with Crippen LogP contribution in [0.4, 0.5) is 0 Å². The summed E-state index contributed by atoms with van der Waals surface area (Å²) in [6.45, 7) is 0. The minimum absolute atomic E-state index is 0.0581. The van der Waals surface area contributed by atoms with Crippen LogP contribution in [0.5, 0.6) is 0 Å². The first-order valence-electron chi connectivity index (χ1n) is 3.69. The van der Waals surface area contributed by atoms with Gasteiger partial charge < -0.3 is 5.11 Å². The van der Waals surface area contributed by atoms with E-state index in [1.807, 2.05) is 0 Å². The van der Waals surface area contributed by atoms with Crippen LogP contribution in [0.1, 0.15) is 12.8 Å². The van der Waals surface area contributed by atoms with Gasteiger partial charge in [0, 0.05) is 0 Å². The maximum atomic E-state index is 11.1. The van der Waals surface area contributed by atoms with Gasteiger partial charge in [-0.05, 0) is 6.42 Å². The molecule has 1 heterocycles. The molecule has 0 aromatic carbocycles. The van der Waals surface area contributed by atoms with Crippen LogP contribution < -0.4 is 5.90 Å². The lowest BCUT2D eigenvalue weighted by Gasteiger charge is -2.21. The Balaban J connectivity index is 2.80. The van der Waals surface area contributed by atoms with Crippen molar-refractivity contribution in [2.75, 3.05) is 11.5 Å². The number of hydrogen-bond acceptors (Lipinski definition) is 5. The molecule has 6 nitrogen and oxygen atoms in total. The van der Waals surface area contributed by atoms with Crippen LogP contribution in [0, 0.1) is 0 Å². The fourth-order valence-electron chi connectivity index (χ4n) is 1.44. The molecule has 1 rings (SSSR count). The number of carbonyl (C=O) groups is 1. The zero-order valence-electron chi connectivity index (χ0n) is 6.89. The van der Waals surface area contributed by atoms with E-state index in [-0.39, 0.29) is 24.3 Å². The minimum Gasteiger partial charge on any atom is -0.481 e. The van der Waals surface area contributed by atoms with E-state index in [9.17, 15) is 13.2 Å². The summed E-state index contributed by atoms with van der Waals surface area (Å²) in [6.07, 6.45) is -0.221. The maximum absolute atomic E-state index is 11.1. The van der Waals surface area contributed by atoms with E-state index in [1.165, 1.54) is 0 Å². The third-order valence-electron chi connectivity index (χ3n) is 2.08. The molecule has 1 saturated heterocycles. The molecule has 0 aliphatic carbocycles. The Morgan fingerprint density at radius 3 is 2.54 bits per heavy atom. The molecule has 0 radical (unpaired) electrons. The molecule has 7 heteroatoms. The van der Waals surface area contributed by atoms with E-state index in [2.05, 4.69) is 4.84 Å². The summed E-state index contributed by atoms with van der Waals surface area (Å²) in [5.74, 6) is 3.44. The molecule has 0 bridgehead atoms. The van der Waals surface area contributed by atoms with Gasteiger partial charge in [-0.2, -0.15) is 0 Å². The highest BCUT2D eigenvalue weighted by Crippen LogP contribution is 2.29. The molecule has 1 aliphatic rings. The third kappa shape index (κ3) is 2.39. The highest BCUT2D eigenvalue weighted by molar-refractivity contribution is 7.91. The van der Waals surface area contributed by atoms with Gasteiger partial charge in [0.1, 0.15) is 5.60 Å². The van der Waals surface area contributed by atoms with Crippen LogP contribution in [-0.2, 0) is 19.5 Å². The first kappa shape index (κ1) is 10.4. The van der Waals surface area contributed by atoms with Gasteiger partial charge in [-0.3, -0.25) is 9.63 Å². The van der Waals surface area contributed by atoms with Gasteiger partial charge in [0.25, 0.3) is 0 Å². The second kappa shape index (κ2) is 3.24. The zero-order chi connectivity index (χ0) is 10.1. The summed E-state index contributed by atoms with van der Waals surface area (Å²) in [7, 11) is -3.18. The predicted molar refractivity (Wildman–Crippen MR) is 43.5 cm³/mol. The molecular weight excluding hydrogens is 198 g/mol. The van der Waals surface area contributed by atoms with E-state index >= 15 is 0 Å². The molecule has 0 aromatic rings. The van der Waals surface area contributed by atoms with Crippen molar-refractivity contribution in [3.8, 4) is 0 Å². The van der Waals surface area contributed by atoms with Crippen LogP contribution in [0.3, 0.4) is 0 Å². The fourth-order valence-corrected chi connectivity index (χ4v) is 3.38. The van der Waals surface area contributed by atoms with E-state index in [4.69, 9.17) is 11.0 Å². The van der Waals surface area contributed by atoms with E-state index in [0.29, 0.717) is 0 Å². The molecule has 0 aromatic heterocycles. The van der Waals surface area contributed by atoms with Crippen molar-refractivity contribution < 1.29 is 23.2 Å². The van der Waals surface area contributed by atoms with Crippen LogP contribution in [0.2, 0.25) is 0 Å². The van der Waals surface area contributed by atoms with Crippen LogP contribution in [0.15, 0.2) is 0 Å². The molecule has 76 valence electrons. The number of hydrogen-bond donors (Lipinski definition) is 2. The van der Waals surface area contributed by atoms with Gasteiger partial charge >= 0.3 is 5.97 Å². The molecule has 1 fully saturated rings. The van der Waals surface area contributed by atoms with Gasteiger partial charge in [0.2, 0.25) is 0 Å². The average molecular weight is 209 g/mol. The summed E-state index contributed by atoms with van der Waals surface area (Å²) in [4.78, 5) is 14.9. The van der Waals surface area contributed by atoms with Crippen molar-refractivity contribution in [1.29, 1.82) is 0 Å². The van der Waals surface area contributed by atoms with E-state index < -0.39 is 21.4 Å². The van der Waals surface area contributed by atoms with Crippen LogP contribution in [-0.4, -0.2) is 36.6 Å². The SMILES string of the molecule is NOC1(CC(=O)O)CCS(=O)(=O)C1. The van der Waals surface area contributed by atoms with Gasteiger partial charge in [-0.1, -0.05) is 0 Å². The van der Waals surface area contributed by atoms with Crippen molar-refractivity contribution in [3.05, 3.63) is 0 Å². The van der Waals surface area contributed by atoms with Crippen LogP contribution in [0.25, 0.3) is 0 Å². The van der Waals surface area contributed by atoms with Gasteiger partial charge in [-0.25, -0.2) is 14.3 Å². The molecule has 1 atom stereocenters.